The van der Waals surface area contributed by atoms with Crippen molar-refractivity contribution in [2.24, 2.45) is 10.8 Å². The lowest BCUT2D eigenvalue weighted by Gasteiger charge is -2.45. The molecular formula is C32H17F26OP. The summed E-state index contributed by atoms with van der Waals surface area (Å²) in [6.45, 7) is 0. The van der Waals surface area contributed by atoms with Gasteiger partial charge < -0.3 is 4.57 Å². The molecule has 0 bridgehead atoms. The van der Waals surface area contributed by atoms with Crippen LogP contribution in [0.1, 0.15) is 11.1 Å². The van der Waals surface area contributed by atoms with Crippen LogP contribution in [0.4, 0.5) is 114 Å². The maximum atomic E-state index is 14.6. The maximum absolute atomic E-state index is 14.6. The molecule has 0 saturated carbocycles. The smallest absolute Gasteiger partial charge is 0.309 e. The molecule has 0 atom stereocenters. The van der Waals surface area contributed by atoms with Crippen molar-refractivity contribution in [1.82, 2.24) is 0 Å². The van der Waals surface area contributed by atoms with Crippen LogP contribution in [0, 0.1) is 10.8 Å². The second kappa shape index (κ2) is 14.9. The van der Waals surface area contributed by atoms with Gasteiger partial charge >= 0.3 is 60.7 Å². The van der Waals surface area contributed by atoms with Crippen LogP contribution in [-0.4, -0.2) is 60.7 Å². The zero-order chi connectivity index (χ0) is 47.0. The van der Waals surface area contributed by atoms with E-state index in [9.17, 15) is 119 Å². The zero-order valence-corrected chi connectivity index (χ0v) is 29.0. The number of alkyl halides is 26. The normalized spacial score (nSPS) is 15.4. The molecule has 0 N–H and O–H groups in total. The Hall–Kier alpha value is -3.93. The quantitative estimate of drug-likeness (QED) is 0.138. The molecule has 3 aromatic rings. The molecule has 60 heavy (non-hydrogen) atoms. The summed E-state index contributed by atoms with van der Waals surface area (Å²) < 4.78 is 373. The lowest BCUT2D eigenvalue weighted by atomic mass is 9.71. The molecule has 0 saturated heterocycles. The number of benzene rings is 3. The largest absolute Gasteiger partial charge is 0.459 e. The van der Waals surface area contributed by atoms with Crippen molar-refractivity contribution in [2.75, 3.05) is 0 Å². The van der Waals surface area contributed by atoms with Gasteiger partial charge in [0.2, 0.25) is 10.8 Å². The van der Waals surface area contributed by atoms with Crippen LogP contribution < -0.4 is 15.9 Å². The SMILES string of the molecule is O=P(c1ccccc1)(c1ccc(CC(C(F)(F)F)(C(F)(F)F)C(F)(F)C(F)(F)C(F)(F)F)cc1)c1ccc(CC(C(F)(F)F)(C(F)(F)F)C(F)(F)C(F)(F)C(F)(F)F)cc1. The van der Waals surface area contributed by atoms with E-state index in [4.69, 9.17) is 0 Å². The fraction of sp³-hybridized carbons (Fsp3) is 0.438. The van der Waals surface area contributed by atoms with Gasteiger partial charge in [-0.3, -0.25) is 0 Å². The molecule has 0 fully saturated rings. The van der Waals surface area contributed by atoms with E-state index in [0.717, 1.165) is 24.3 Å². The summed E-state index contributed by atoms with van der Waals surface area (Å²) in [5.74, 6) is -32.1. The van der Waals surface area contributed by atoms with Crippen molar-refractivity contribution in [1.29, 1.82) is 0 Å². The molecule has 0 radical (unpaired) electrons. The molecule has 28 heteroatoms. The summed E-state index contributed by atoms with van der Waals surface area (Å²) in [7, 11) is -4.93. The minimum Gasteiger partial charge on any atom is -0.309 e. The molecule has 0 amide bonds. The van der Waals surface area contributed by atoms with E-state index in [1.54, 1.807) is 0 Å². The average molecular weight is 942 g/mol. The molecule has 0 aromatic heterocycles. The van der Waals surface area contributed by atoms with Crippen molar-refractivity contribution in [3.05, 3.63) is 90.0 Å². The van der Waals surface area contributed by atoms with E-state index in [2.05, 4.69) is 0 Å². The maximum Gasteiger partial charge on any atom is 0.459 e. The molecule has 0 spiro atoms. The summed E-state index contributed by atoms with van der Waals surface area (Å²) in [5.41, 5.74) is -17.9. The first kappa shape index (κ1) is 50.4. The van der Waals surface area contributed by atoms with Crippen molar-refractivity contribution in [2.45, 2.75) is 73.6 Å². The van der Waals surface area contributed by atoms with E-state index in [1.165, 1.54) is 6.07 Å². The third kappa shape index (κ3) is 7.54. The molecule has 0 aliphatic carbocycles. The van der Waals surface area contributed by atoms with Crippen LogP contribution in [0.3, 0.4) is 0 Å². The Morgan fingerprint density at radius 2 is 0.533 bits per heavy atom. The van der Waals surface area contributed by atoms with E-state index >= 15 is 0 Å². The average Bonchev–Trinajstić information content (AvgIpc) is 3.06. The Balaban J connectivity index is 2.28. The third-order valence-electron chi connectivity index (χ3n) is 9.17. The van der Waals surface area contributed by atoms with Crippen LogP contribution in [0.15, 0.2) is 78.9 Å². The lowest BCUT2D eigenvalue weighted by Crippen LogP contribution is -2.71. The summed E-state index contributed by atoms with van der Waals surface area (Å²) in [6.07, 6.45) is -52.8. The zero-order valence-electron chi connectivity index (χ0n) is 28.1. The first-order chi connectivity index (χ1) is 26.5. The summed E-state index contributed by atoms with van der Waals surface area (Å²) in [4.78, 5) is 0. The second-order valence-electron chi connectivity index (χ2n) is 12.7. The fourth-order valence-corrected chi connectivity index (χ4v) is 8.52. The van der Waals surface area contributed by atoms with Crippen LogP contribution in [-0.2, 0) is 17.4 Å². The van der Waals surface area contributed by atoms with Crippen LogP contribution >= 0.6 is 7.14 Å². The van der Waals surface area contributed by atoms with Crippen LogP contribution in [0.25, 0.3) is 0 Å². The van der Waals surface area contributed by atoms with Gasteiger partial charge in [-0.1, -0.05) is 78.9 Å². The highest BCUT2D eigenvalue weighted by Gasteiger charge is 2.93. The van der Waals surface area contributed by atoms with Gasteiger partial charge in [0.15, 0.2) is 7.14 Å². The van der Waals surface area contributed by atoms with Crippen molar-refractivity contribution in [3.63, 3.8) is 0 Å². The minimum absolute atomic E-state index is 0.0583. The number of hydrogen-bond donors (Lipinski definition) is 0. The molecule has 3 aromatic carbocycles. The number of halogens is 26. The van der Waals surface area contributed by atoms with Gasteiger partial charge in [0, 0.05) is 28.8 Å². The van der Waals surface area contributed by atoms with Gasteiger partial charge in [0.05, 0.1) is 0 Å². The molecule has 0 unspecified atom stereocenters. The highest BCUT2D eigenvalue weighted by atomic mass is 31.2. The van der Waals surface area contributed by atoms with Crippen molar-refractivity contribution < 1.29 is 119 Å². The van der Waals surface area contributed by atoms with Crippen LogP contribution in [0.2, 0.25) is 0 Å². The fourth-order valence-electron chi connectivity index (χ4n) is 5.89. The molecule has 0 aliphatic heterocycles. The first-order valence-electron chi connectivity index (χ1n) is 15.2. The van der Waals surface area contributed by atoms with Gasteiger partial charge in [-0.25, -0.2) is 0 Å². The molecule has 1 nitrogen and oxygen atoms in total. The molecule has 3 rings (SSSR count). The number of rotatable bonds is 11. The van der Waals surface area contributed by atoms with Crippen molar-refractivity contribution in [3.8, 4) is 0 Å². The van der Waals surface area contributed by atoms with E-state index in [0.29, 0.717) is 0 Å². The summed E-state index contributed by atoms with van der Waals surface area (Å²) in [5, 5.41) is -2.31. The van der Waals surface area contributed by atoms with Gasteiger partial charge in [-0.15, -0.1) is 0 Å². The Morgan fingerprint density at radius 3 is 0.750 bits per heavy atom. The first-order valence-corrected chi connectivity index (χ1v) is 16.9. The van der Waals surface area contributed by atoms with Crippen molar-refractivity contribution >= 4 is 23.1 Å². The third-order valence-corrected chi connectivity index (χ3v) is 12.2. The highest BCUT2D eigenvalue weighted by molar-refractivity contribution is 7.85. The van der Waals surface area contributed by atoms with Gasteiger partial charge in [-0.05, 0) is 11.1 Å². The monoisotopic (exact) mass is 942 g/mol. The number of hydrogen-bond acceptors (Lipinski definition) is 1. The standard InChI is InChI=1S/C32H17F26OP/c33-23(34,25(37,38)31(53,54)55)21(27(41,42)43,28(44,45)46)14-16-6-10-19(11-7-16)60(59,18-4-2-1-3-5-18)20-12-8-17(9-13-20)15-22(29(47,48)49,30(50,51)52)24(35,36)26(39,40)32(56,57)58/h1-13H,14-15H2. The van der Waals surface area contributed by atoms with E-state index in [1.807, 2.05) is 0 Å². The molecule has 338 valence electrons. The Morgan fingerprint density at radius 1 is 0.300 bits per heavy atom. The van der Waals surface area contributed by atoms with Crippen LogP contribution in [0.5, 0.6) is 0 Å². The molecule has 0 aliphatic rings. The topological polar surface area (TPSA) is 17.1 Å². The Kier molecular flexibility index (Phi) is 12.5. The second-order valence-corrected chi connectivity index (χ2v) is 15.5. The Bertz CT molecular complexity index is 1850. The van der Waals surface area contributed by atoms with E-state index < -0.39 is 119 Å². The van der Waals surface area contributed by atoms with Gasteiger partial charge in [0.1, 0.15) is 0 Å². The Labute approximate surface area is 316 Å². The lowest BCUT2D eigenvalue weighted by molar-refractivity contribution is -0.460. The highest BCUT2D eigenvalue weighted by Crippen LogP contribution is 2.68. The van der Waals surface area contributed by atoms with E-state index in [-0.39, 0.29) is 48.5 Å². The molecular weight excluding hydrogens is 925 g/mol. The van der Waals surface area contributed by atoms with Gasteiger partial charge in [-0.2, -0.15) is 114 Å². The minimum atomic E-state index is -8.04. The van der Waals surface area contributed by atoms with Gasteiger partial charge in [0.25, 0.3) is 0 Å². The summed E-state index contributed by atoms with van der Waals surface area (Å²) >= 11 is 0. The summed E-state index contributed by atoms with van der Waals surface area (Å²) in [6, 6.07) is 5.66. The predicted molar refractivity (Wildman–Crippen MR) is 154 cm³/mol. The predicted octanol–water partition coefficient (Wildman–Crippen LogP) is 12.3. The molecule has 0 heterocycles.